The van der Waals surface area contributed by atoms with Crippen LogP contribution in [0.25, 0.3) is 0 Å². The van der Waals surface area contributed by atoms with Crippen LogP contribution >= 0.6 is 0 Å². The largest absolute Gasteiger partial charge is 0.309 e. The fraction of sp³-hybridized carbons (Fsp3) is 1.00. The number of alkyl halides is 1. The zero-order valence-electron chi connectivity index (χ0n) is 6.95. The predicted molar refractivity (Wildman–Crippen MR) is 40.8 cm³/mol. The van der Waals surface area contributed by atoms with Crippen molar-refractivity contribution in [3.05, 3.63) is 0 Å². The second-order valence-corrected chi connectivity index (χ2v) is 4.16. The van der Waals surface area contributed by atoms with E-state index in [2.05, 4.69) is 26.1 Å². The molecule has 1 nitrogen and oxygen atoms in total. The maximum atomic E-state index is 12.3. The molecular formula is C8H16FN. The van der Waals surface area contributed by atoms with E-state index in [1.807, 2.05) is 0 Å². The van der Waals surface area contributed by atoms with Crippen LogP contribution in [-0.2, 0) is 0 Å². The summed E-state index contributed by atoms with van der Waals surface area (Å²) >= 11 is 0. The molecule has 0 aromatic heterocycles. The Hall–Kier alpha value is -0.110. The third kappa shape index (κ3) is 2.25. The maximum absolute atomic E-state index is 12.3. The number of rotatable bonds is 1. The van der Waals surface area contributed by atoms with E-state index in [-0.39, 0.29) is 5.54 Å². The summed E-state index contributed by atoms with van der Waals surface area (Å²) in [6.07, 6.45) is 0.869. The molecule has 1 N–H and O–H groups in total. The van der Waals surface area contributed by atoms with E-state index in [0.717, 1.165) is 0 Å². The monoisotopic (exact) mass is 145 g/mol. The Morgan fingerprint density at radius 3 is 2.10 bits per heavy atom. The van der Waals surface area contributed by atoms with Gasteiger partial charge in [0.2, 0.25) is 0 Å². The van der Waals surface area contributed by atoms with Crippen LogP contribution in [0.1, 0.15) is 33.6 Å². The molecule has 1 aliphatic carbocycles. The first-order valence-electron chi connectivity index (χ1n) is 3.89. The summed E-state index contributed by atoms with van der Waals surface area (Å²) in [4.78, 5) is 0. The molecule has 60 valence electrons. The maximum Gasteiger partial charge on any atom is 0.103 e. The summed E-state index contributed by atoms with van der Waals surface area (Å²) in [5.74, 6) is 0. The lowest BCUT2D eigenvalue weighted by Crippen LogP contribution is -2.50. The molecule has 1 rings (SSSR count). The second kappa shape index (κ2) is 2.50. The molecule has 1 fully saturated rings. The van der Waals surface area contributed by atoms with Gasteiger partial charge in [-0.2, -0.15) is 0 Å². The zero-order valence-corrected chi connectivity index (χ0v) is 6.95. The smallest absolute Gasteiger partial charge is 0.103 e. The van der Waals surface area contributed by atoms with E-state index in [1.165, 1.54) is 0 Å². The Morgan fingerprint density at radius 1 is 1.30 bits per heavy atom. The van der Waals surface area contributed by atoms with Gasteiger partial charge < -0.3 is 5.32 Å². The average molecular weight is 145 g/mol. The summed E-state index contributed by atoms with van der Waals surface area (Å²) in [5, 5.41) is 3.35. The highest BCUT2D eigenvalue weighted by Gasteiger charge is 2.30. The minimum atomic E-state index is -0.542. The van der Waals surface area contributed by atoms with Gasteiger partial charge in [0.05, 0.1) is 0 Å². The third-order valence-electron chi connectivity index (χ3n) is 1.72. The molecular weight excluding hydrogens is 129 g/mol. The molecule has 0 atom stereocenters. The highest BCUT2D eigenvalue weighted by Crippen LogP contribution is 2.24. The van der Waals surface area contributed by atoms with Crippen LogP contribution in [0.15, 0.2) is 0 Å². The van der Waals surface area contributed by atoms with Crippen molar-refractivity contribution in [2.75, 3.05) is 0 Å². The molecule has 0 aromatic rings. The van der Waals surface area contributed by atoms with Crippen molar-refractivity contribution in [2.24, 2.45) is 0 Å². The van der Waals surface area contributed by atoms with Gasteiger partial charge in [-0.25, -0.2) is 4.39 Å². The molecule has 0 aliphatic heterocycles. The molecule has 0 aromatic carbocycles. The Balaban J connectivity index is 2.16. The summed E-state index contributed by atoms with van der Waals surface area (Å²) in [5.41, 5.74) is 0.144. The van der Waals surface area contributed by atoms with Gasteiger partial charge in [-0.05, 0) is 33.6 Å². The number of nitrogens with one attached hydrogen (secondary N) is 1. The molecule has 0 spiro atoms. The average Bonchev–Trinajstić information content (AvgIpc) is 1.57. The van der Waals surface area contributed by atoms with E-state index in [4.69, 9.17) is 0 Å². The molecule has 0 radical (unpaired) electrons. The Morgan fingerprint density at radius 2 is 1.80 bits per heavy atom. The quantitative estimate of drug-likeness (QED) is 0.594. The Kier molecular flexibility index (Phi) is 1.99. The highest BCUT2D eigenvalue weighted by atomic mass is 19.1. The lowest BCUT2D eigenvalue weighted by Gasteiger charge is -2.36. The van der Waals surface area contributed by atoms with Gasteiger partial charge in [0.1, 0.15) is 6.17 Å². The first-order chi connectivity index (χ1) is 4.47. The standard InChI is InChI=1S/C8H16FN/c1-8(2,3)10-7-4-6(9)5-7/h6-7,10H,4-5H2,1-3H3. The summed E-state index contributed by atoms with van der Waals surface area (Å²) in [6.45, 7) is 6.33. The number of hydrogen-bond acceptors (Lipinski definition) is 1. The van der Waals surface area contributed by atoms with Crippen LogP contribution in [0, 0.1) is 0 Å². The molecule has 0 amide bonds. The van der Waals surface area contributed by atoms with Crippen LogP contribution < -0.4 is 5.32 Å². The van der Waals surface area contributed by atoms with Crippen molar-refractivity contribution >= 4 is 0 Å². The van der Waals surface area contributed by atoms with Crippen LogP contribution in [0.5, 0.6) is 0 Å². The van der Waals surface area contributed by atoms with E-state index in [9.17, 15) is 4.39 Å². The van der Waals surface area contributed by atoms with Gasteiger partial charge in [0, 0.05) is 11.6 Å². The van der Waals surface area contributed by atoms with Gasteiger partial charge in [-0.15, -0.1) is 0 Å². The van der Waals surface area contributed by atoms with E-state index in [0.29, 0.717) is 18.9 Å². The molecule has 0 bridgehead atoms. The van der Waals surface area contributed by atoms with E-state index < -0.39 is 6.17 Å². The SMILES string of the molecule is CC(C)(C)NC1CC(F)C1. The number of halogens is 1. The third-order valence-corrected chi connectivity index (χ3v) is 1.72. The van der Waals surface area contributed by atoms with E-state index in [1.54, 1.807) is 0 Å². The van der Waals surface area contributed by atoms with Crippen LogP contribution in [0.4, 0.5) is 4.39 Å². The van der Waals surface area contributed by atoms with Crippen molar-refractivity contribution in [2.45, 2.75) is 51.4 Å². The van der Waals surface area contributed by atoms with E-state index >= 15 is 0 Å². The lowest BCUT2D eigenvalue weighted by molar-refractivity contribution is 0.135. The molecule has 0 unspecified atom stereocenters. The topological polar surface area (TPSA) is 12.0 Å². The minimum absolute atomic E-state index is 0.144. The fourth-order valence-corrected chi connectivity index (χ4v) is 1.28. The van der Waals surface area contributed by atoms with Crippen molar-refractivity contribution in [3.63, 3.8) is 0 Å². The first-order valence-corrected chi connectivity index (χ1v) is 3.89. The van der Waals surface area contributed by atoms with Gasteiger partial charge >= 0.3 is 0 Å². The fourth-order valence-electron chi connectivity index (χ4n) is 1.28. The lowest BCUT2D eigenvalue weighted by atomic mass is 9.89. The molecule has 2 heteroatoms. The van der Waals surface area contributed by atoms with Crippen molar-refractivity contribution in [1.82, 2.24) is 5.32 Å². The van der Waals surface area contributed by atoms with Crippen LogP contribution in [-0.4, -0.2) is 17.8 Å². The van der Waals surface area contributed by atoms with Gasteiger partial charge in [0.25, 0.3) is 0 Å². The molecule has 0 heterocycles. The van der Waals surface area contributed by atoms with Gasteiger partial charge in [-0.1, -0.05) is 0 Å². The molecule has 1 aliphatic rings. The molecule has 10 heavy (non-hydrogen) atoms. The highest BCUT2D eigenvalue weighted by molar-refractivity contribution is 4.89. The minimum Gasteiger partial charge on any atom is -0.309 e. The van der Waals surface area contributed by atoms with Gasteiger partial charge in [-0.3, -0.25) is 0 Å². The normalized spacial score (nSPS) is 33.6. The Labute approximate surface area is 62.0 Å². The van der Waals surface area contributed by atoms with Crippen LogP contribution in [0.2, 0.25) is 0 Å². The summed E-state index contributed by atoms with van der Waals surface area (Å²) in [6, 6.07) is 0.426. The number of hydrogen-bond donors (Lipinski definition) is 1. The van der Waals surface area contributed by atoms with Crippen molar-refractivity contribution < 1.29 is 4.39 Å². The van der Waals surface area contributed by atoms with Crippen molar-refractivity contribution in [1.29, 1.82) is 0 Å². The second-order valence-electron chi connectivity index (χ2n) is 4.16. The summed E-state index contributed by atoms with van der Waals surface area (Å²) < 4.78 is 12.3. The summed E-state index contributed by atoms with van der Waals surface area (Å²) in [7, 11) is 0. The van der Waals surface area contributed by atoms with Crippen molar-refractivity contribution in [3.8, 4) is 0 Å². The first kappa shape index (κ1) is 7.99. The van der Waals surface area contributed by atoms with Crippen LogP contribution in [0.3, 0.4) is 0 Å². The molecule has 1 saturated carbocycles. The Bertz CT molecular complexity index is 111. The van der Waals surface area contributed by atoms with Gasteiger partial charge in [0.15, 0.2) is 0 Å². The predicted octanol–water partition coefficient (Wildman–Crippen LogP) is 1.88. The molecule has 0 saturated heterocycles. The zero-order chi connectivity index (χ0) is 7.78.